The van der Waals surface area contributed by atoms with Crippen LogP contribution in [0.1, 0.15) is 56.9 Å². The maximum absolute atomic E-state index is 4.27. The van der Waals surface area contributed by atoms with Gasteiger partial charge in [-0.1, -0.05) is 174 Å². The zero-order valence-electron chi connectivity index (χ0n) is 43.9. The predicted octanol–water partition coefficient (Wildman–Crippen LogP) is 20.0. The van der Waals surface area contributed by atoms with Gasteiger partial charge in [0.25, 0.3) is 0 Å². The third kappa shape index (κ3) is 5.72. The van der Waals surface area contributed by atoms with Gasteiger partial charge in [-0.3, -0.25) is 0 Å². The van der Waals surface area contributed by atoms with E-state index in [2.05, 4.69) is 278 Å². The third-order valence-corrected chi connectivity index (χ3v) is 17.8. The highest BCUT2D eigenvalue weighted by atomic mass is 15.2. The maximum Gasteiger partial charge on any atom is 0.0621 e. The SMILES string of the molecule is C=CC1=C(/C=C\C)C(C)(C)c2cc(N(c3ccccc3)c3cccc4c3c3cccc5c6cc7c(cc6n4c53)c3cccc4c5c(N(c6ccccc6)c6ccc8c(c6)C(C)(C)c6ccccc6-8)cccc5n7c34)ccc21. The molecule has 0 unspecified atom stereocenters. The van der Waals surface area contributed by atoms with E-state index in [1.807, 2.05) is 6.08 Å². The number of benzene rings is 10. The molecule has 4 nitrogen and oxygen atoms in total. The topological polar surface area (TPSA) is 15.3 Å². The van der Waals surface area contributed by atoms with E-state index < -0.39 is 0 Å². The smallest absolute Gasteiger partial charge is 0.0621 e. The van der Waals surface area contributed by atoms with E-state index in [9.17, 15) is 0 Å². The summed E-state index contributed by atoms with van der Waals surface area (Å²) in [6, 6.07) is 77.5. The van der Waals surface area contributed by atoms with Crippen molar-refractivity contribution in [2.45, 2.75) is 45.4 Å². The summed E-state index contributed by atoms with van der Waals surface area (Å²) < 4.78 is 5.11. The van der Waals surface area contributed by atoms with Crippen LogP contribution in [0.5, 0.6) is 0 Å². The molecule has 16 rings (SSSR count). The second kappa shape index (κ2) is 15.6. The Hall–Kier alpha value is -9.38. The van der Waals surface area contributed by atoms with E-state index in [1.54, 1.807) is 0 Å². The fraction of sp³-hybridized carbons (Fsp3) is 0.0959. The Morgan fingerprint density at radius 2 is 0.857 bits per heavy atom. The van der Waals surface area contributed by atoms with Gasteiger partial charge in [-0.2, -0.15) is 0 Å². The largest absolute Gasteiger partial charge is 0.310 e. The van der Waals surface area contributed by atoms with Crippen LogP contribution in [0.25, 0.3) is 92.9 Å². The fourth-order valence-electron chi connectivity index (χ4n) is 14.5. The summed E-state index contributed by atoms with van der Waals surface area (Å²) in [6.45, 7) is 15.8. The van der Waals surface area contributed by atoms with E-state index >= 15 is 0 Å². The molecule has 4 heterocycles. The van der Waals surface area contributed by atoms with Crippen LogP contribution in [0.3, 0.4) is 0 Å². The lowest BCUT2D eigenvalue weighted by Gasteiger charge is -2.29. The molecule has 14 aromatic rings. The lowest BCUT2D eigenvalue weighted by molar-refractivity contribution is 0.654. The molecule has 2 aliphatic rings. The predicted molar refractivity (Wildman–Crippen MR) is 328 cm³/mol. The van der Waals surface area contributed by atoms with Gasteiger partial charge in [0.05, 0.1) is 44.5 Å². The summed E-state index contributed by atoms with van der Waals surface area (Å²) in [5.41, 5.74) is 24.4. The van der Waals surface area contributed by atoms with Crippen LogP contribution in [0.4, 0.5) is 34.1 Å². The van der Waals surface area contributed by atoms with Gasteiger partial charge in [-0.25, -0.2) is 0 Å². The molecule has 0 N–H and O–H groups in total. The number of aromatic nitrogens is 2. The summed E-state index contributed by atoms with van der Waals surface area (Å²) in [4.78, 5) is 4.95. The van der Waals surface area contributed by atoms with Gasteiger partial charge in [0.1, 0.15) is 0 Å². The zero-order chi connectivity index (χ0) is 51.6. The molecule has 2 aliphatic carbocycles. The van der Waals surface area contributed by atoms with Crippen molar-refractivity contribution in [1.29, 1.82) is 0 Å². The minimum absolute atomic E-state index is 0.125. The van der Waals surface area contributed by atoms with Crippen molar-refractivity contribution in [1.82, 2.24) is 8.80 Å². The van der Waals surface area contributed by atoms with Crippen molar-refractivity contribution < 1.29 is 0 Å². The van der Waals surface area contributed by atoms with E-state index in [1.165, 1.54) is 126 Å². The number of fused-ring (bicyclic) bond motifs is 16. The second-order valence-electron chi connectivity index (χ2n) is 22.4. The van der Waals surface area contributed by atoms with Crippen molar-refractivity contribution in [2.24, 2.45) is 0 Å². The van der Waals surface area contributed by atoms with Crippen molar-refractivity contribution in [3.8, 4) is 11.1 Å². The summed E-state index contributed by atoms with van der Waals surface area (Å²) in [6.07, 6.45) is 6.44. The molecule has 0 bridgehead atoms. The normalized spacial score (nSPS) is 14.7. The van der Waals surface area contributed by atoms with Crippen LogP contribution in [0.15, 0.2) is 237 Å². The first-order chi connectivity index (χ1) is 37.7. The Balaban J connectivity index is 0.907. The number of nitrogens with zero attached hydrogens (tertiary/aromatic N) is 4. The standard InChI is InChI=1S/C73H54N4/c1-7-21-58-48(8-2)50-38-36-46(40-60(50)72(58,3)4)74(44-22-11-9-12-23-44)62-32-19-34-64-68(62)54-29-17-27-52-56-43-67-57(42-66(56)76(64)70(52)54)53-28-18-30-55-69-63(33-20-35-65(69)77(67)71(53)55)75(45-24-13-10-14-25-45)47-37-39-51-49-26-15-16-31-59(49)73(5,6)61(51)41-47/h7-43H,2H2,1,3-6H3/b21-7-. The highest BCUT2D eigenvalue weighted by Crippen LogP contribution is 2.55. The summed E-state index contributed by atoms with van der Waals surface area (Å²) >= 11 is 0. The molecule has 0 saturated carbocycles. The molecule has 0 spiro atoms. The lowest BCUT2D eigenvalue weighted by atomic mass is 9.80. The van der Waals surface area contributed by atoms with Crippen LogP contribution >= 0.6 is 0 Å². The Morgan fingerprint density at radius 1 is 0.390 bits per heavy atom. The first-order valence-electron chi connectivity index (χ1n) is 27.1. The van der Waals surface area contributed by atoms with Crippen molar-refractivity contribution in [2.75, 3.05) is 9.80 Å². The quantitative estimate of drug-likeness (QED) is 0.151. The lowest BCUT2D eigenvalue weighted by Crippen LogP contribution is -2.17. The number of hydrogen-bond donors (Lipinski definition) is 0. The van der Waals surface area contributed by atoms with E-state index in [-0.39, 0.29) is 10.8 Å². The number of allylic oxidation sites excluding steroid dienone is 5. The minimum atomic E-state index is -0.193. The number of anilines is 6. The van der Waals surface area contributed by atoms with Crippen molar-refractivity contribution >= 4 is 116 Å². The van der Waals surface area contributed by atoms with Crippen molar-refractivity contribution in [3.63, 3.8) is 0 Å². The summed E-state index contributed by atoms with van der Waals surface area (Å²) in [5, 5.41) is 10.0. The highest BCUT2D eigenvalue weighted by molar-refractivity contribution is 6.31. The Labute approximate surface area is 447 Å². The molecule has 0 amide bonds. The zero-order valence-corrected chi connectivity index (χ0v) is 43.9. The molecule has 10 aromatic carbocycles. The fourth-order valence-corrected chi connectivity index (χ4v) is 14.5. The molecule has 0 fully saturated rings. The Morgan fingerprint density at radius 3 is 1.39 bits per heavy atom. The van der Waals surface area contributed by atoms with Gasteiger partial charge in [-0.05, 0) is 136 Å². The van der Waals surface area contributed by atoms with Gasteiger partial charge < -0.3 is 18.6 Å². The van der Waals surface area contributed by atoms with Gasteiger partial charge in [0.15, 0.2) is 0 Å². The molecule has 4 heteroatoms. The Bertz CT molecular complexity index is 4890. The molecular formula is C73H54N4. The van der Waals surface area contributed by atoms with E-state index in [0.29, 0.717) is 0 Å². The molecule has 366 valence electrons. The van der Waals surface area contributed by atoms with Crippen LogP contribution < -0.4 is 9.80 Å². The Kier molecular flexibility index (Phi) is 8.91. The highest BCUT2D eigenvalue weighted by Gasteiger charge is 2.38. The van der Waals surface area contributed by atoms with Crippen LogP contribution in [-0.2, 0) is 10.8 Å². The first kappa shape index (κ1) is 44.0. The number of rotatable bonds is 8. The molecule has 4 aromatic heterocycles. The van der Waals surface area contributed by atoms with Crippen LogP contribution in [-0.4, -0.2) is 8.80 Å². The van der Waals surface area contributed by atoms with Gasteiger partial charge in [0.2, 0.25) is 0 Å². The van der Waals surface area contributed by atoms with Gasteiger partial charge in [0, 0.05) is 76.7 Å². The average Bonchev–Trinajstić information content (AvgIpc) is 4.36. The van der Waals surface area contributed by atoms with Gasteiger partial charge in [-0.15, -0.1) is 0 Å². The maximum atomic E-state index is 4.27. The molecule has 77 heavy (non-hydrogen) atoms. The molecule has 0 saturated heterocycles. The average molecular weight is 987 g/mol. The van der Waals surface area contributed by atoms with Crippen LogP contribution in [0, 0.1) is 0 Å². The minimum Gasteiger partial charge on any atom is -0.310 e. The molecule has 0 radical (unpaired) electrons. The molecule has 0 atom stereocenters. The van der Waals surface area contributed by atoms with E-state index in [0.717, 1.165) is 28.4 Å². The van der Waals surface area contributed by atoms with Crippen LogP contribution in [0.2, 0.25) is 0 Å². The van der Waals surface area contributed by atoms with Gasteiger partial charge >= 0.3 is 0 Å². The molecule has 0 aliphatic heterocycles. The number of para-hydroxylation sites is 4. The molecular weight excluding hydrogens is 933 g/mol. The second-order valence-corrected chi connectivity index (χ2v) is 22.4. The monoisotopic (exact) mass is 986 g/mol. The van der Waals surface area contributed by atoms with E-state index in [4.69, 9.17) is 0 Å². The first-order valence-corrected chi connectivity index (χ1v) is 27.1. The summed E-state index contributed by atoms with van der Waals surface area (Å²) in [5.74, 6) is 0. The number of hydrogen-bond acceptors (Lipinski definition) is 2. The summed E-state index contributed by atoms with van der Waals surface area (Å²) in [7, 11) is 0. The third-order valence-electron chi connectivity index (χ3n) is 17.8. The van der Waals surface area contributed by atoms with Crippen molar-refractivity contribution in [3.05, 3.63) is 259 Å².